The van der Waals surface area contributed by atoms with Gasteiger partial charge >= 0.3 is 5.97 Å². The lowest BCUT2D eigenvalue weighted by Crippen LogP contribution is -2.21. The van der Waals surface area contributed by atoms with E-state index in [2.05, 4.69) is 23.7 Å². The molecule has 0 amide bonds. The number of hydrogen-bond donors (Lipinski definition) is 2. The van der Waals surface area contributed by atoms with Crippen LogP contribution in [-0.4, -0.2) is 28.9 Å². The maximum absolute atomic E-state index is 10.8. The molecule has 4 aromatic rings. The molecule has 0 fully saturated rings. The van der Waals surface area contributed by atoms with E-state index in [0.717, 1.165) is 33.4 Å². The van der Waals surface area contributed by atoms with E-state index in [4.69, 9.17) is 9.84 Å². The van der Waals surface area contributed by atoms with Gasteiger partial charge < -0.3 is 14.9 Å². The summed E-state index contributed by atoms with van der Waals surface area (Å²) in [4.78, 5) is 10.8. The number of ether oxygens (including phenoxy) is 1. The Hall–Kier alpha value is -5.03. The Morgan fingerprint density at radius 3 is 1.79 bits per heavy atom. The first-order valence-corrected chi connectivity index (χ1v) is 12.1. The summed E-state index contributed by atoms with van der Waals surface area (Å²) >= 11 is 0. The van der Waals surface area contributed by atoms with E-state index in [0.29, 0.717) is 12.4 Å². The largest absolute Gasteiger partial charge is 0.490 e. The summed E-state index contributed by atoms with van der Waals surface area (Å²) in [7, 11) is 0. The number of aliphatic carboxylic acids is 1. The highest BCUT2D eigenvalue weighted by atomic mass is 16.5. The highest BCUT2D eigenvalue weighted by Crippen LogP contribution is 2.15. The van der Waals surface area contributed by atoms with Crippen molar-refractivity contribution in [3.8, 4) is 29.4 Å². The Labute approximate surface area is 222 Å². The molecule has 4 rings (SSSR count). The topological polar surface area (TPSA) is 66.8 Å². The number of aliphatic hydroxyl groups is 1. The second kappa shape index (κ2) is 13.3. The molecule has 1 unspecified atom stereocenters. The fourth-order valence-electron chi connectivity index (χ4n) is 3.58. The maximum atomic E-state index is 10.8. The van der Waals surface area contributed by atoms with Gasteiger partial charge in [-0.25, -0.2) is 4.79 Å². The molecule has 186 valence electrons. The van der Waals surface area contributed by atoms with Gasteiger partial charge in [0, 0.05) is 28.7 Å². The smallest absolute Gasteiger partial charge is 0.332 e. The van der Waals surface area contributed by atoms with E-state index in [1.165, 1.54) is 0 Å². The van der Waals surface area contributed by atoms with Gasteiger partial charge in [0.2, 0.25) is 0 Å². The molecular weight excluding hydrogens is 472 g/mol. The third-order valence-electron chi connectivity index (χ3n) is 5.50. The number of carboxylic acids is 1. The third kappa shape index (κ3) is 8.28. The first kappa shape index (κ1) is 26.0. The van der Waals surface area contributed by atoms with Crippen LogP contribution in [0.5, 0.6) is 5.75 Å². The molecule has 0 aliphatic rings. The number of rotatable bonds is 7. The maximum Gasteiger partial charge on any atom is 0.332 e. The zero-order valence-electron chi connectivity index (χ0n) is 20.7. The van der Waals surface area contributed by atoms with E-state index in [1.54, 1.807) is 24.3 Å². The van der Waals surface area contributed by atoms with Gasteiger partial charge in [-0.05, 0) is 71.8 Å². The quantitative estimate of drug-likeness (QED) is 0.327. The summed E-state index contributed by atoms with van der Waals surface area (Å²) in [5.41, 5.74) is 5.32. The van der Waals surface area contributed by atoms with Gasteiger partial charge in [0.1, 0.15) is 12.4 Å². The van der Waals surface area contributed by atoms with Crippen molar-refractivity contribution < 1.29 is 19.7 Å². The molecule has 0 spiro atoms. The molecule has 0 bridgehead atoms. The van der Waals surface area contributed by atoms with E-state index in [9.17, 15) is 9.90 Å². The second-order valence-corrected chi connectivity index (χ2v) is 8.49. The lowest BCUT2D eigenvalue weighted by molar-refractivity contribution is -0.146. The highest BCUT2D eigenvalue weighted by Gasteiger charge is 2.13. The zero-order valence-corrected chi connectivity index (χ0v) is 20.7. The van der Waals surface area contributed by atoms with E-state index in [-0.39, 0.29) is 6.42 Å². The predicted octanol–water partition coefficient (Wildman–Crippen LogP) is 5.57. The molecule has 2 N–H and O–H groups in total. The second-order valence-electron chi connectivity index (χ2n) is 8.49. The van der Waals surface area contributed by atoms with Crippen molar-refractivity contribution in [2.75, 3.05) is 6.61 Å². The molecule has 0 radical (unpaired) electrons. The summed E-state index contributed by atoms with van der Waals surface area (Å²) in [5, 5.41) is 18.3. The van der Waals surface area contributed by atoms with Crippen LogP contribution in [0.2, 0.25) is 0 Å². The molecule has 0 aliphatic heterocycles. The molecule has 1 atom stereocenters. The van der Waals surface area contributed by atoms with Gasteiger partial charge in [-0.1, -0.05) is 78.3 Å². The van der Waals surface area contributed by atoms with Crippen LogP contribution in [0.1, 0.15) is 33.4 Å². The highest BCUT2D eigenvalue weighted by molar-refractivity contribution is 5.72. The number of aliphatic hydroxyl groups excluding tert-OH is 1. The normalized spacial score (nSPS) is 11.1. The number of carbonyl (C=O) groups is 1. The van der Waals surface area contributed by atoms with Crippen molar-refractivity contribution >= 4 is 12.0 Å². The minimum atomic E-state index is -1.42. The van der Waals surface area contributed by atoms with Crippen molar-refractivity contribution in [1.29, 1.82) is 0 Å². The molecule has 0 aliphatic carbocycles. The van der Waals surface area contributed by atoms with Crippen LogP contribution >= 0.6 is 0 Å². The van der Waals surface area contributed by atoms with Crippen LogP contribution in [0.15, 0.2) is 109 Å². The Morgan fingerprint density at radius 1 is 0.737 bits per heavy atom. The van der Waals surface area contributed by atoms with E-state index >= 15 is 0 Å². The van der Waals surface area contributed by atoms with Crippen molar-refractivity contribution in [3.63, 3.8) is 0 Å². The third-order valence-corrected chi connectivity index (χ3v) is 5.50. The minimum Gasteiger partial charge on any atom is -0.490 e. The summed E-state index contributed by atoms with van der Waals surface area (Å²) < 4.78 is 5.78. The monoisotopic (exact) mass is 498 g/mol. The van der Waals surface area contributed by atoms with Crippen molar-refractivity contribution in [2.24, 2.45) is 0 Å². The van der Waals surface area contributed by atoms with Crippen LogP contribution in [0, 0.1) is 23.7 Å². The molecule has 4 heteroatoms. The summed E-state index contributed by atoms with van der Waals surface area (Å²) in [6, 6.07) is 32.7. The number of carboxylic acid groups (broad SMARTS) is 1. The predicted molar refractivity (Wildman–Crippen MR) is 150 cm³/mol. The Kier molecular flexibility index (Phi) is 9.13. The van der Waals surface area contributed by atoms with Gasteiger partial charge in [0.25, 0.3) is 0 Å². The molecule has 4 nitrogen and oxygen atoms in total. The van der Waals surface area contributed by atoms with Crippen LogP contribution < -0.4 is 4.74 Å². The SMILES string of the molecule is O=C(O)C(O)Cc1ccc(OC/C=C/c2cc(C#Cc3ccccc3)cc(C#Cc3ccccc3)c2)cc1. The Bertz CT molecular complexity index is 1440. The van der Waals surface area contributed by atoms with Crippen molar-refractivity contribution in [1.82, 2.24) is 0 Å². The summed E-state index contributed by atoms with van der Waals surface area (Å²) in [6.07, 6.45) is 2.52. The van der Waals surface area contributed by atoms with Gasteiger partial charge in [0.15, 0.2) is 6.10 Å². The first-order chi connectivity index (χ1) is 18.5. The Balaban J connectivity index is 1.47. The summed E-state index contributed by atoms with van der Waals surface area (Å²) in [5.74, 6) is 12.3. The Morgan fingerprint density at radius 2 is 1.26 bits per heavy atom. The average Bonchev–Trinajstić information content (AvgIpc) is 2.95. The average molecular weight is 499 g/mol. The molecule has 0 saturated heterocycles. The van der Waals surface area contributed by atoms with Crippen LogP contribution in [0.4, 0.5) is 0 Å². The fraction of sp³-hybridized carbons (Fsp3) is 0.0882. The molecule has 4 aromatic carbocycles. The number of hydrogen-bond acceptors (Lipinski definition) is 3. The van der Waals surface area contributed by atoms with Gasteiger partial charge in [-0.2, -0.15) is 0 Å². The lowest BCUT2D eigenvalue weighted by atomic mass is 10.0. The fourth-order valence-corrected chi connectivity index (χ4v) is 3.58. The first-order valence-electron chi connectivity index (χ1n) is 12.1. The number of benzene rings is 4. The summed E-state index contributed by atoms with van der Waals surface area (Å²) in [6.45, 7) is 0.349. The van der Waals surface area contributed by atoms with Gasteiger partial charge in [-0.3, -0.25) is 0 Å². The molecule has 0 heterocycles. The van der Waals surface area contributed by atoms with E-state index < -0.39 is 12.1 Å². The van der Waals surface area contributed by atoms with Crippen LogP contribution in [0.3, 0.4) is 0 Å². The molecule has 38 heavy (non-hydrogen) atoms. The zero-order chi connectivity index (χ0) is 26.6. The van der Waals surface area contributed by atoms with Crippen molar-refractivity contribution in [2.45, 2.75) is 12.5 Å². The van der Waals surface area contributed by atoms with Crippen LogP contribution in [-0.2, 0) is 11.2 Å². The van der Waals surface area contributed by atoms with Gasteiger partial charge in [-0.15, -0.1) is 0 Å². The minimum absolute atomic E-state index is 0.0501. The van der Waals surface area contributed by atoms with Crippen LogP contribution in [0.25, 0.3) is 6.08 Å². The van der Waals surface area contributed by atoms with E-state index in [1.807, 2.05) is 91.0 Å². The lowest BCUT2D eigenvalue weighted by Gasteiger charge is -2.07. The molecule has 0 saturated carbocycles. The molecule has 0 aromatic heterocycles. The standard InChI is InChI=1S/C34H26O4/c35-33(34(36)37)25-28-17-19-32(20-18-28)38-21-7-12-29-22-30(15-13-26-8-3-1-4-9-26)24-31(23-29)16-14-27-10-5-2-6-11-27/h1-12,17-20,22-24,33,35H,21,25H2,(H,36,37)/b12-7+. The van der Waals surface area contributed by atoms with Gasteiger partial charge in [0.05, 0.1) is 0 Å². The van der Waals surface area contributed by atoms with Crippen molar-refractivity contribution in [3.05, 3.63) is 143 Å². The molecular formula is C34H26O4.